The summed E-state index contributed by atoms with van der Waals surface area (Å²) in [5.74, 6) is 1.93. The molecule has 0 saturated carbocycles. The number of nitrogens with zero attached hydrogens (tertiary/aromatic N) is 1. The molecule has 2 aliphatic rings. The predicted octanol–water partition coefficient (Wildman–Crippen LogP) is 2.36. The summed E-state index contributed by atoms with van der Waals surface area (Å²) in [6.07, 6.45) is -0.159. The maximum absolute atomic E-state index is 11.6. The first kappa shape index (κ1) is 11.1. The Labute approximate surface area is 95.5 Å². The number of carbonyl (C=O) groups excluding carboxylic acids is 1. The third kappa shape index (κ3) is 2.41. The molecule has 0 aromatic heterocycles. The van der Waals surface area contributed by atoms with Crippen molar-refractivity contribution < 1.29 is 9.53 Å². The van der Waals surface area contributed by atoms with Crippen molar-refractivity contribution in [2.45, 2.75) is 38.0 Å². The molecule has 15 heavy (non-hydrogen) atoms. The van der Waals surface area contributed by atoms with Crippen LogP contribution in [0.4, 0.5) is 4.79 Å². The van der Waals surface area contributed by atoms with Crippen molar-refractivity contribution in [3.05, 3.63) is 0 Å². The van der Waals surface area contributed by atoms with Gasteiger partial charge in [0.15, 0.2) is 0 Å². The highest BCUT2D eigenvalue weighted by Crippen LogP contribution is 2.52. The highest BCUT2D eigenvalue weighted by molar-refractivity contribution is 8.07. The van der Waals surface area contributed by atoms with Gasteiger partial charge in [-0.05, 0) is 27.7 Å². The lowest BCUT2D eigenvalue weighted by Gasteiger charge is -2.42. The van der Waals surface area contributed by atoms with Crippen molar-refractivity contribution in [3.63, 3.8) is 0 Å². The third-order valence-electron chi connectivity index (χ3n) is 3.00. The minimum atomic E-state index is -0.375. The average Bonchev–Trinajstić information content (AvgIpc) is 2.59. The van der Waals surface area contributed by atoms with Gasteiger partial charge in [-0.1, -0.05) is 0 Å². The summed E-state index contributed by atoms with van der Waals surface area (Å²) in [5.41, 5.74) is -0.375. The molecule has 2 aliphatic heterocycles. The number of amides is 1. The van der Waals surface area contributed by atoms with E-state index in [1.807, 2.05) is 32.5 Å². The van der Waals surface area contributed by atoms with Crippen molar-refractivity contribution in [3.8, 4) is 0 Å². The van der Waals surface area contributed by atoms with Gasteiger partial charge >= 0.3 is 6.09 Å². The third-order valence-corrected chi connectivity index (χ3v) is 4.53. The molecule has 2 rings (SSSR count). The van der Waals surface area contributed by atoms with Crippen molar-refractivity contribution in [1.82, 2.24) is 4.90 Å². The average molecular weight is 229 g/mol. The lowest BCUT2D eigenvalue weighted by Crippen LogP contribution is -2.55. The molecule has 86 valence electrons. The standard InChI is InChI=1S/C11H19NO2S/c1-10(2,3)14-9(13)12-5-8(6-12)11(4)7-15-11/h8H,5-7H2,1-4H3. The summed E-state index contributed by atoms with van der Waals surface area (Å²) in [6.45, 7) is 9.74. The first-order valence-corrected chi connectivity index (χ1v) is 6.41. The molecule has 0 bridgehead atoms. The number of hydrogen-bond donors (Lipinski definition) is 0. The molecular weight excluding hydrogens is 210 g/mol. The molecule has 1 amide bonds. The topological polar surface area (TPSA) is 29.5 Å². The minimum absolute atomic E-state index is 0.159. The molecule has 2 saturated heterocycles. The summed E-state index contributed by atoms with van der Waals surface area (Å²) in [6, 6.07) is 0. The van der Waals surface area contributed by atoms with Gasteiger partial charge in [-0.2, -0.15) is 11.8 Å². The monoisotopic (exact) mass is 229 g/mol. The van der Waals surface area contributed by atoms with Crippen LogP contribution in [0.2, 0.25) is 0 Å². The second-order valence-corrected chi connectivity index (χ2v) is 7.19. The van der Waals surface area contributed by atoms with E-state index in [-0.39, 0.29) is 11.7 Å². The molecule has 3 nitrogen and oxygen atoms in total. The van der Waals surface area contributed by atoms with Crippen LogP contribution in [-0.4, -0.2) is 40.2 Å². The number of hydrogen-bond acceptors (Lipinski definition) is 3. The van der Waals surface area contributed by atoms with Crippen molar-refractivity contribution >= 4 is 17.9 Å². The molecule has 4 heteroatoms. The fraction of sp³-hybridized carbons (Fsp3) is 0.909. The molecule has 0 aromatic rings. The maximum Gasteiger partial charge on any atom is 0.410 e. The number of ether oxygens (including phenoxy) is 1. The highest BCUT2D eigenvalue weighted by atomic mass is 32.2. The van der Waals surface area contributed by atoms with E-state index in [0.29, 0.717) is 10.7 Å². The fourth-order valence-corrected chi connectivity index (χ4v) is 2.54. The van der Waals surface area contributed by atoms with E-state index in [2.05, 4.69) is 6.92 Å². The van der Waals surface area contributed by atoms with Gasteiger partial charge in [-0.3, -0.25) is 0 Å². The summed E-state index contributed by atoms with van der Waals surface area (Å²) in [5, 5.41) is 0. The van der Waals surface area contributed by atoms with Crippen LogP contribution in [0.5, 0.6) is 0 Å². The van der Waals surface area contributed by atoms with E-state index < -0.39 is 0 Å². The van der Waals surface area contributed by atoms with E-state index in [0.717, 1.165) is 13.1 Å². The quantitative estimate of drug-likeness (QED) is 0.646. The Kier molecular flexibility index (Phi) is 2.45. The van der Waals surface area contributed by atoms with Gasteiger partial charge in [-0.25, -0.2) is 4.79 Å². The molecule has 0 aromatic carbocycles. The summed E-state index contributed by atoms with van der Waals surface area (Å²) in [7, 11) is 0. The lowest BCUT2D eigenvalue weighted by atomic mass is 9.89. The minimum Gasteiger partial charge on any atom is -0.444 e. The molecule has 1 unspecified atom stereocenters. The van der Waals surface area contributed by atoms with Crippen molar-refractivity contribution in [2.24, 2.45) is 5.92 Å². The van der Waals surface area contributed by atoms with Gasteiger partial charge in [0.05, 0.1) is 0 Å². The zero-order valence-electron chi connectivity index (χ0n) is 9.87. The molecule has 0 N–H and O–H groups in total. The summed E-state index contributed by atoms with van der Waals surface area (Å²) >= 11 is 2.00. The zero-order valence-corrected chi connectivity index (χ0v) is 10.7. The van der Waals surface area contributed by atoms with Crippen LogP contribution >= 0.6 is 11.8 Å². The van der Waals surface area contributed by atoms with Gasteiger partial charge in [0, 0.05) is 29.5 Å². The largest absolute Gasteiger partial charge is 0.444 e. The maximum atomic E-state index is 11.6. The van der Waals surface area contributed by atoms with Crippen LogP contribution in [0.25, 0.3) is 0 Å². The predicted molar refractivity (Wildman–Crippen MR) is 62.2 cm³/mol. The van der Waals surface area contributed by atoms with Gasteiger partial charge in [0.25, 0.3) is 0 Å². The molecule has 2 heterocycles. The van der Waals surface area contributed by atoms with Crippen LogP contribution in [0.3, 0.4) is 0 Å². The molecular formula is C11H19NO2S. The number of likely N-dealkylation sites (tertiary alicyclic amines) is 1. The van der Waals surface area contributed by atoms with Crippen LogP contribution in [0.15, 0.2) is 0 Å². The van der Waals surface area contributed by atoms with Gasteiger partial charge in [0.1, 0.15) is 5.60 Å². The van der Waals surface area contributed by atoms with Crippen molar-refractivity contribution in [1.29, 1.82) is 0 Å². The Morgan fingerprint density at radius 2 is 2.00 bits per heavy atom. The molecule has 1 atom stereocenters. The molecule has 2 fully saturated rings. The highest BCUT2D eigenvalue weighted by Gasteiger charge is 2.52. The van der Waals surface area contributed by atoms with E-state index >= 15 is 0 Å². The fourth-order valence-electron chi connectivity index (χ4n) is 1.69. The summed E-state index contributed by atoms with van der Waals surface area (Å²) < 4.78 is 5.76. The Morgan fingerprint density at radius 1 is 1.47 bits per heavy atom. The van der Waals surface area contributed by atoms with E-state index in [9.17, 15) is 4.79 Å². The van der Waals surface area contributed by atoms with Gasteiger partial charge in [0.2, 0.25) is 0 Å². The second-order valence-electron chi connectivity index (χ2n) is 5.68. The number of carbonyl (C=O) groups is 1. The van der Waals surface area contributed by atoms with Crippen LogP contribution in [0.1, 0.15) is 27.7 Å². The van der Waals surface area contributed by atoms with E-state index in [1.54, 1.807) is 4.90 Å². The van der Waals surface area contributed by atoms with Crippen LogP contribution in [0, 0.1) is 5.92 Å². The van der Waals surface area contributed by atoms with Crippen LogP contribution < -0.4 is 0 Å². The summed E-state index contributed by atoms with van der Waals surface area (Å²) in [4.78, 5) is 13.4. The first-order valence-electron chi connectivity index (χ1n) is 5.42. The second kappa shape index (κ2) is 3.30. The normalized spacial score (nSPS) is 31.1. The molecule has 0 spiro atoms. The van der Waals surface area contributed by atoms with E-state index in [1.165, 1.54) is 5.75 Å². The Balaban J connectivity index is 1.77. The van der Waals surface area contributed by atoms with Crippen molar-refractivity contribution in [2.75, 3.05) is 18.8 Å². The lowest BCUT2D eigenvalue weighted by molar-refractivity contribution is -0.00341. The smallest absolute Gasteiger partial charge is 0.410 e. The molecule has 0 aliphatic carbocycles. The Bertz CT molecular complexity index is 275. The van der Waals surface area contributed by atoms with Gasteiger partial charge in [-0.15, -0.1) is 0 Å². The zero-order chi connectivity index (χ0) is 11.3. The number of thioether (sulfide) groups is 1. The Hall–Kier alpha value is -0.380. The van der Waals surface area contributed by atoms with E-state index in [4.69, 9.17) is 4.74 Å². The van der Waals surface area contributed by atoms with Gasteiger partial charge < -0.3 is 9.64 Å². The molecule has 0 radical (unpaired) electrons. The Morgan fingerprint density at radius 3 is 2.40 bits per heavy atom. The SMILES string of the molecule is CC(C)(C)OC(=O)N1CC(C2(C)CS2)C1. The van der Waals surface area contributed by atoms with Crippen LogP contribution in [-0.2, 0) is 4.74 Å². The number of rotatable bonds is 1. The first-order chi connectivity index (χ1) is 6.80.